The van der Waals surface area contributed by atoms with Crippen LogP contribution in [0.3, 0.4) is 0 Å². The van der Waals surface area contributed by atoms with Crippen molar-refractivity contribution in [2.45, 2.75) is 13.2 Å². The van der Waals surface area contributed by atoms with Crippen molar-refractivity contribution < 1.29 is 27.4 Å². The van der Waals surface area contributed by atoms with Crippen molar-refractivity contribution in [1.82, 2.24) is 5.32 Å². The Morgan fingerprint density at radius 3 is 2.64 bits per heavy atom. The smallest absolute Gasteiger partial charge is 0.408 e. The zero-order valence-electron chi connectivity index (χ0n) is 13.0. The molecule has 0 aromatic heterocycles. The highest BCUT2D eigenvalue weighted by Crippen LogP contribution is 2.21. The molecule has 0 heterocycles. The third kappa shape index (κ3) is 6.47. The molecule has 0 radical (unpaired) electrons. The summed E-state index contributed by atoms with van der Waals surface area (Å²) in [5, 5.41) is 2.40. The molecule has 1 amide bonds. The summed E-state index contributed by atoms with van der Waals surface area (Å²) in [6, 6.07) is 12.2. The van der Waals surface area contributed by atoms with Gasteiger partial charge in [-0.3, -0.25) is 0 Å². The molecule has 2 aromatic rings. The van der Waals surface area contributed by atoms with Crippen LogP contribution in [0.2, 0.25) is 0 Å². The summed E-state index contributed by atoms with van der Waals surface area (Å²) in [6.45, 7) is -3.04. The van der Waals surface area contributed by atoms with E-state index in [9.17, 15) is 18.0 Å². The first-order chi connectivity index (χ1) is 12.0. The number of amides is 1. The van der Waals surface area contributed by atoms with Gasteiger partial charge in [-0.1, -0.05) is 42.2 Å². The molecule has 0 aliphatic carbocycles. The minimum absolute atomic E-state index is 0.0703. The van der Waals surface area contributed by atoms with Gasteiger partial charge in [-0.25, -0.2) is 9.18 Å². The highest BCUT2D eigenvalue weighted by atomic mass is 19.3. The lowest BCUT2D eigenvalue weighted by Crippen LogP contribution is -2.24. The summed E-state index contributed by atoms with van der Waals surface area (Å²) in [4.78, 5) is 11.5. The van der Waals surface area contributed by atoms with Gasteiger partial charge in [0.25, 0.3) is 0 Å². The van der Waals surface area contributed by atoms with E-state index in [0.717, 1.165) is 17.7 Å². The molecule has 0 spiro atoms. The Morgan fingerprint density at radius 2 is 1.92 bits per heavy atom. The standard InChI is InChI=1S/C18H14F3NO3/c19-15-9-8-14(16(11-15)25-17(20)21)7-4-10-22-18(23)24-12-13-5-2-1-3-6-13/h1-3,5-6,8-9,11,17H,10,12H2,(H,22,23). The molecule has 0 fully saturated rings. The minimum Gasteiger partial charge on any atom is -0.445 e. The van der Waals surface area contributed by atoms with E-state index in [0.29, 0.717) is 0 Å². The quantitative estimate of drug-likeness (QED) is 0.838. The fraction of sp³-hybridized carbons (Fsp3) is 0.167. The van der Waals surface area contributed by atoms with E-state index < -0.39 is 18.5 Å². The molecule has 0 saturated heterocycles. The average Bonchev–Trinajstić information content (AvgIpc) is 2.59. The van der Waals surface area contributed by atoms with E-state index in [4.69, 9.17) is 4.74 Å². The van der Waals surface area contributed by atoms with Gasteiger partial charge in [-0.2, -0.15) is 8.78 Å². The molecular formula is C18H14F3NO3. The van der Waals surface area contributed by atoms with E-state index in [2.05, 4.69) is 21.9 Å². The van der Waals surface area contributed by atoms with E-state index in [-0.39, 0.29) is 24.5 Å². The van der Waals surface area contributed by atoms with Gasteiger partial charge in [0.15, 0.2) is 0 Å². The molecule has 130 valence electrons. The molecule has 2 aromatic carbocycles. The largest absolute Gasteiger partial charge is 0.445 e. The van der Waals surface area contributed by atoms with Crippen LogP contribution >= 0.6 is 0 Å². The SMILES string of the molecule is O=C(NCC#Cc1ccc(F)cc1OC(F)F)OCc1ccccc1. The maximum absolute atomic E-state index is 13.1. The number of nitrogens with one attached hydrogen (secondary N) is 1. The molecular weight excluding hydrogens is 335 g/mol. The Hall–Kier alpha value is -3.14. The summed E-state index contributed by atoms with van der Waals surface area (Å²) in [5.74, 6) is 4.00. The first kappa shape index (κ1) is 18.2. The predicted octanol–water partition coefficient (Wildman–Crippen LogP) is 3.71. The fourth-order valence-electron chi connectivity index (χ4n) is 1.82. The summed E-state index contributed by atoms with van der Waals surface area (Å²) >= 11 is 0. The van der Waals surface area contributed by atoms with Crippen LogP contribution in [-0.2, 0) is 11.3 Å². The Morgan fingerprint density at radius 1 is 1.16 bits per heavy atom. The second-order valence-corrected chi connectivity index (χ2v) is 4.74. The van der Waals surface area contributed by atoms with Crippen molar-refractivity contribution in [2.75, 3.05) is 6.54 Å². The van der Waals surface area contributed by atoms with Gasteiger partial charge >= 0.3 is 12.7 Å². The normalized spacial score (nSPS) is 9.92. The zero-order chi connectivity index (χ0) is 18.1. The molecule has 25 heavy (non-hydrogen) atoms. The number of ether oxygens (including phenoxy) is 2. The monoisotopic (exact) mass is 349 g/mol. The van der Waals surface area contributed by atoms with Crippen LogP contribution in [0.25, 0.3) is 0 Å². The van der Waals surface area contributed by atoms with Crippen molar-refractivity contribution in [3.05, 3.63) is 65.5 Å². The van der Waals surface area contributed by atoms with E-state index in [1.165, 1.54) is 6.07 Å². The number of alkyl halides is 2. The molecule has 0 unspecified atom stereocenters. The number of benzene rings is 2. The van der Waals surface area contributed by atoms with Crippen molar-refractivity contribution >= 4 is 6.09 Å². The third-order valence-corrected chi connectivity index (χ3v) is 2.92. The number of rotatable bonds is 5. The summed E-state index contributed by atoms with van der Waals surface area (Å²) in [5.41, 5.74) is 0.921. The number of carbonyl (C=O) groups is 1. The molecule has 0 saturated carbocycles. The van der Waals surface area contributed by atoms with E-state index in [1.807, 2.05) is 30.3 Å². The van der Waals surface area contributed by atoms with Gasteiger partial charge in [0.1, 0.15) is 18.2 Å². The van der Waals surface area contributed by atoms with E-state index in [1.54, 1.807) is 0 Å². The summed E-state index contributed by atoms with van der Waals surface area (Å²) in [7, 11) is 0. The molecule has 1 N–H and O–H groups in total. The number of hydrogen-bond donors (Lipinski definition) is 1. The zero-order valence-corrected chi connectivity index (χ0v) is 13.0. The van der Waals surface area contributed by atoms with Gasteiger partial charge in [0.2, 0.25) is 0 Å². The van der Waals surface area contributed by atoms with Gasteiger partial charge in [-0.05, 0) is 17.7 Å². The number of halogens is 3. The lowest BCUT2D eigenvalue weighted by Gasteiger charge is -2.06. The molecule has 0 bridgehead atoms. The third-order valence-electron chi connectivity index (χ3n) is 2.92. The number of hydrogen-bond acceptors (Lipinski definition) is 3. The predicted molar refractivity (Wildman–Crippen MR) is 84.5 cm³/mol. The first-order valence-corrected chi connectivity index (χ1v) is 7.22. The highest BCUT2D eigenvalue weighted by molar-refractivity contribution is 5.67. The van der Waals surface area contributed by atoms with Gasteiger partial charge in [0.05, 0.1) is 12.1 Å². The molecule has 7 heteroatoms. The van der Waals surface area contributed by atoms with Gasteiger partial charge < -0.3 is 14.8 Å². The fourth-order valence-corrected chi connectivity index (χ4v) is 1.82. The molecule has 0 atom stereocenters. The van der Waals surface area contributed by atoms with Gasteiger partial charge in [-0.15, -0.1) is 0 Å². The Kier molecular flexibility index (Phi) is 6.72. The number of alkyl carbamates (subject to hydrolysis) is 1. The Bertz CT molecular complexity index is 770. The van der Waals surface area contributed by atoms with Crippen LogP contribution in [0.1, 0.15) is 11.1 Å². The van der Waals surface area contributed by atoms with Crippen molar-refractivity contribution in [3.8, 4) is 17.6 Å². The first-order valence-electron chi connectivity index (χ1n) is 7.22. The van der Waals surface area contributed by atoms with Crippen molar-refractivity contribution in [2.24, 2.45) is 0 Å². The van der Waals surface area contributed by atoms with E-state index >= 15 is 0 Å². The summed E-state index contributed by atoms with van der Waals surface area (Å²) < 4.78 is 46.8. The van der Waals surface area contributed by atoms with Crippen molar-refractivity contribution in [1.29, 1.82) is 0 Å². The Balaban J connectivity index is 1.85. The molecule has 0 aliphatic rings. The second-order valence-electron chi connectivity index (χ2n) is 4.74. The van der Waals surface area contributed by atoms with Crippen LogP contribution in [0.4, 0.5) is 18.0 Å². The summed E-state index contributed by atoms with van der Waals surface area (Å²) in [6.07, 6.45) is -0.665. The second kappa shape index (κ2) is 9.23. The molecule has 0 aliphatic heterocycles. The molecule has 2 rings (SSSR count). The maximum Gasteiger partial charge on any atom is 0.408 e. The van der Waals surface area contributed by atoms with Crippen molar-refractivity contribution in [3.63, 3.8) is 0 Å². The topological polar surface area (TPSA) is 47.6 Å². The van der Waals surface area contributed by atoms with Crippen LogP contribution in [0.5, 0.6) is 5.75 Å². The van der Waals surface area contributed by atoms with Crippen LogP contribution in [0.15, 0.2) is 48.5 Å². The minimum atomic E-state index is -3.09. The van der Waals surface area contributed by atoms with Crippen LogP contribution < -0.4 is 10.1 Å². The lowest BCUT2D eigenvalue weighted by atomic mass is 10.2. The maximum atomic E-state index is 13.1. The highest BCUT2D eigenvalue weighted by Gasteiger charge is 2.09. The van der Waals surface area contributed by atoms with Gasteiger partial charge in [0, 0.05) is 6.07 Å². The van der Waals surface area contributed by atoms with Crippen LogP contribution in [-0.4, -0.2) is 19.2 Å². The lowest BCUT2D eigenvalue weighted by molar-refractivity contribution is -0.0501. The average molecular weight is 349 g/mol. The Labute approximate surface area is 142 Å². The molecule has 4 nitrogen and oxygen atoms in total. The van der Waals surface area contributed by atoms with Crippen LogP contribution in [0, 0.1) is 17.7 Å². The number of carbonyl (C=O) groups excluding carboxylic acids is 1.